The predicted molar refractivity (Wildman–Crippen MR) is 119 cm³/mol. The Morgan fingerprint density at radius 3 is 1.59 bits per heavy atom. The molecule has 3 aromatic rings. The van der Waals surface area contributed by atoms with E-state index in [0.717, 1.165) is 16.7 Å². The molecule has 0 aromatic heterocycles. The quantitative estimate of drug-likeness (QED) is 0.245. The Balaban J connectivity index is 2.10. The molecule has 32 heavy (non-hydrogen) atoms. The van der Waals surface area contributed by atoms with E-state index in [9.17, 15) is 10.2 Å². The van der Waals surface area contributed by atoms with Crippen LogP contribution < -0.4 is 0 Å². The van der Waals surface area contributed by atoms with E-state index in [4.69, 9.17) is 19.2 Å². The number of hydrogen-bond acceptors (Lipinski definition) is 6. The summed E-state index contributed by atoms with van der Waals surface area (Å²) < 4.78 is 12.2. The summed E-state index contributed by atoms with van der Waals surface area (Å²) in [6.07, 6.45) is -3.16. The van der Waals surface area contributed by atoms with Crippen molar-refractivity contribution in [3.8, 4) is 0 Å². The van der Waals surface area contributed by atoms with E-state index in [2.05, 4.69) is 0 Å². The first kappa shape index (κ1) is 22.6. The first-order valence-corrected chi connectivity index (χ1v) is 10.5. The molecule has 1 fully saturated rings. The topological polar surface area (TPSA) is 77.4 Å². The van der Waals surface area contributed by atoms with Gasteiger partial charge in [-0.05, 0) is 16.7 Å². The van der Waals surface area contributed by atoms with Crippen LogP contribution in [0.3, 0.4) is 0 Å². The average molecular weight is 437 g/mol. The van der Waals surface area contributed by atoms with Crippen LogP contribution in [0.15, 0.2) is 91.0 Å². The van der Waals surface area contributed by atoms with Crippen LogP contribution in [0.1, 0.15) is 16.7 Å². The minimum atomic E-state index is -1.72. The number of aliphatic hydroxyl groups excluding tert-OH is 2. The highest BCUT2D eigenvalue weighted by molar-refractivity contribution is 5.53. The van der Waals surface area contributed by atoms with E-state index in [0.29, 0.717) is 0 Å². The smallest absolute Gasteiger partial charge is 0.258 e. The standard InChI is InChI=1S/C26H28O6/c1-29-26(32-30-2)23(28)22(18-27)31-24(26)25(19-12-6-3-7-13-19,20-14-8-4-9-15-20)21-16-10-5-11-17-21/h3-17,22-24,27-28H,18H2,1-2H3/t22-,23-,24?,26-/m1/s1. The maximum atomic E-state index is 11.2. The van der Waals surface area contributed by atoms with Crippen molar-refractivity contribution in [1.82, 2.24) is 0 Å². The van der Waals surface area contributed by atoms with Crippen molar-refractivity contribution in [3.63, 3.8) is 0 Å². The number of aliphatic hydroxyl groups is 2. The highest BCUT2D eigenvalue weighted by Gasteiger charge is 2.67. The van der Waals surface area contributed by atoms with Gasteiger partial charge in [-0.3, -0.25) is 0 Å². The summed E-state index contributed by atoms with van der Waals surface area (Å²) in [7, 11) is 2.79. The lowest BCUT2D eigenvalue weighted by molar-refractivity contribution is -0.438. The van der Waals surface area contributed by atoms with Gasteiger partial charge in [-0.15, -0.1) is 0 Å². The van der Waals surface area contributed by atoms with Crippen molar-refractivity contribution < 1.29 is 29.5 Å². The Morgan fingerprint density at radius 1 is 0.812 bits per heavy atom. The minimum Gasteiger partial charge on any atom is -0.394 e. The van der Waals surface area contributed by atoms with Crippen molar-refractivity contribution in [2.45, 2.75) is 29.5 Å². The molecule has 0 aliphatic carbocycles. The number of hydrogen-bond donors (Lipinski definition) is 2. The molecule has 0 radical (unpaired) electrons. The second-order valence-electron chi connectivity index (χ2n) is 7.76. The van der Waals surface area contributed by atoms with E-state index in [1.165, 1.54) is 14.2 Å². The van der Waals surface area contributed by atoms with Gasteiger partial charge in [0.2, 0.25) is 0 Å². The van der Waals surface area contributed by atoms with Crippen LogP contribution in [0, 0.1) is 0 Å². The summed E-state index contributed by atoms with van der Waals surface area (Å²) in [4.78, 5) is 10.7. The fourth-order valence-corrected chi connectivity index (χ4v) is 4.85. The van der Waals surface area contributed by atoms with E-state index in [1.807, 2.05) is 91.0 Å². The van der Waals surface area contributed by atoms with Gasteiger partial charge in [0.1, 0.15) is 18.3 Å². The molecule has 1 aliphatic rings. The molecule has 0 amide bonds. The van der Waals surface area contributed by atoms with Gasteiger partial charge in [0.25, 0.3) is 5.79 Å². The number of rotatable bonds is 8. The molecule has 6 nitrogen and oxygen atoms in total. The Hall–Kier alpha value is -2.58. The zero-order valence-corrected chi connectivity index (χ0v) is 18.1. The second-order valence-corrected chi connectivity index (χ2v) is 7.76. The molecule has 1 aliphatic heterocycles. The summed E-state index contributed by atoms with van der Waals surface area (Å²) in [6, 6.07) is 29.6. The zero-order chi connectivity index (χ0) is 22.6. The molecule has 168 valence electrons. The van der Waals surface area contributed by atoms with Crippen molar-refractivity contribution in [2.24, 2.45) is 0 Å². The molecular weight excluding hydrogens is 408 g/mol. The van der Waals surface area contributed by atoms with E-state index in [1.54, 1.807) is 0 Å². The Bertz CT molecular complexity index is 884. The third-order valence-electron chi connectivity index (χ3n) is 6.23. The van der Waals surface area contributed by atoms with Gasteiger partial charge in [-0.1, -0.05) is 91.0 Å². The number of methoxy groups -OCH3 is 1. The molecule has 6 heteroatoms. The highest BCUT2D eigenvalue weighted by Crippen LogP contribution is 2.52. The van der Waals surface area contributed by atoms with Crippen LogP contribution in [0.5, 0.6) is 0 Å². The van der Waals surface area contributed by atoms with Gasteiger partial charge in [-0.2, -0.15) is 4.89 Å². The van der Waals surface area contributed by atoms with Gasteiger partial charge < -0.3 is 19.7 Å². The molecule has 1 heterocycles. The van der Waals surface area contributed by atoms with E-state index >= 15 is 0 Å². The third kappa shape index (κ3) is 3.46. The lowest BCUT2D eigenvalue weighted by Crippen LogP contribution is -2.60. The Morgan fingerprint density at radius 2 is 1.25 bits per heavy atom. The van der Waals surface area contributed by atoms with Crippen LogP contribution >= 0.6 is 0 Å². The molecule has 4 atom stereocenters. The maximum Gasteiger partial charge on any atom is 0.258 e. The summed E-state index contributed by atoms with van der Waals surface area (Å²) in [6.45, 7) is -0.412. The van der Waals surface area contributed by atoms with Crippen molar-refractivity contribution in [2.75, 3.05) is 20.8 Å². The first-order valence-electron chi connectivity index (χ1n) is 10.5. The largest absolute Gasteiger partial charge is 0.394 e. The van der Waals surface area contributed by atoms with Crippen molar-refractivity contribution in [3.05, 3.63) is 108 Å². The Kier molecular flexibility index (Phi) is 6.71. The van der Waals surface area contributed by atoms with Crippen LogP contribution in [-0.2, 0) is 24.7 Å². The predicted octanol–water partition coefficient (Wildman–Crippen LogP) is 3.06. The van der Waals surface area contributed by atoms with Crippen molar-refractivity contribution in [1.29, 1.82) is 0 Å². The summed E-state index contributed by atoms with van der Waals surface area (Å²) >= 11 is 0. The number of ether oxygens (including phenoxy) is 2. The molecule has 3 aromatic carbocycles. The molecule has 0 bridgehead atoms. The van der Waals surface area contributed by atoms with Gasteiger partial charge in [0.15, 0.2) is 0 Å². The summed E-state index contributed by atoms with van der Waals surface area (Å²) in [5, 5.41) is 21.2. The molecule has 0 saturated carbocycles. The zero-order valence-electron chi connectivity index (χ0n) is 18.1. The van der Waals surface area contributed by atoms with Gasteiger partial charge in [0.05, 0.1) is 19.1 Å². The van der Waals surface area contributed by atoms with Crippen LogP contribution in [-0.4, -0.2) is 55.1 Å². The fourth-order valence-electron chi connectivity index (χ4n) is 4.85. The monoisotopic (exact) mass is 436 g/mol. The van der Waals surface area contributed by atoms with Crippen LogP contribution in [0.4, 0.5) is 0 Å². The molecule has 1 saturated heterocycles. The van der Waals surface area contributed by atoms with Gasteiger partial charge >= 0.3 is 0 Å². The Labute approximate surface area is 187 Å². The van der Waals surface area contributed by atoms with E-state index < -0.39 is 36.1 Å². The minimum absolute atomic E-state index is 0.412. The molecular formula is C26H28O6. The normalized spacial score (nSPS) is 25.7. The SMILES string of the molecule is COO[C@@]1(OC)C(C(c2ccccc2)(c2ccccc2)c2ccccc2)O[C@H](CO)[C@H]1O. The lowest BCUT2D eigenvalue weighted by Gasteiger charge is -2.46. The summed E-state index contributed by atoms with van der Waals surface area (Å²) in [5.41, 5.74) is 1.77. The van der Waals surface area contributed by atoms with Gasteiger partial charge in [0, 0.05) is 7.11 Å². The lowest BCUT2D eigenvalue weighted by atomic mass is 9.63. The fraction of sp³-hybridized carbons (Fsp3) is 0.308. The summed E-state index contributed by atoms with van der Waals surface area (Å²) in [5.74, 6) is -1.72. The second kappa shape index (κ2) is 9.50. The molecule has 2 N–H and O–H groups in total. The van der Waals surface area contributed by atoms with Crippen LogP contribution in [0.2, 0.25) is 0 Å². The highest BCUT2D eigenvalue weighted by atomic mass is 17.2. The van der Waals surface area contributed by atoms with Crippen molar-refractivity contribution >= 4 is 0 Å². The van der Waals surface area contributed by atoms with Gasteiger partial charge in [-0.25, -0.2) is 4.89 Å². The average Bonchev–Trinajstić information content (AvgIpc) is 3.14. The number of benzene rings is 3. The van der Waals surface area contributed by atoms with Crippen LogP contribution in [0.25, 0.3) is 0 Å². The molecule has 0 spiro atoms. The first-order chi connectivity index (χ1) is 15.6. The van der Waals surface area contributed by atoms with E-state index in [-0.39, 0.29) is 0 Å². The maximum absolute atomic E-state index is 11.2. The molecule has 4 rings (SSSR count). The molecule has 1 unspecified atom stereocenters. The third-order valence-corrected chi connectivity index (χ3v) is 6.23.